The second-order valence-corrected chi connectivity index (χ2v) is 6.38. The molecular weight excluding hydrogens is 366 g/mol. The Balaban J connectivity index is 2.15. The van der Waals surface area contributed by atoms with E-state index >= 15 is 0 Å². The number of nitrogens with zero attached hydrogens (tertiary/aromatic N) is 3. The molecule has 1 unspecified atom stereocenters. The highest BCUT2D eigenvalue weighted by molar-refractivity contribution is 5.97. The van der Waals surface area contributed by atoms with Gasteiger partial charge in [-0.25, -0.2) is 4.79 Å². The number of nitriles is 1. The lowest BCUT2D eigenvalue weighted by Crippen LogP contribution is -2.37. The van der Waals surface area contributed by atoms with E-state index in [-0.39, 0.29) is 23.4 Å². The van der Waals surface area contributed by atoms with E-state index in [4.69, 9.17) is 15.2 Å². The largest absolute Gasteiger partial charge is 0.454 e. The number of aromatic amines is 1. The van der Waals surface area contributed by atoms with Crippen LogP contribution >= 0.6 is 0 Å². The predicted octanol–water partition coefficient (Wildman–Crippen LogP) is 0.0535. The van der Waals surface area contributed by atoms with Gasteiger partial charge in [0.2, 0.25) is 12.7 Å². The van der Waals surface area contributed by atoms with Crippen molar-refractivity contribution in [3.8, 4) is 28.8 Å². The summed E-state index contributed by atoms with van der Waals surface area (Å²) in [5.41, 5.74) is 5.45. The van der Waals surface area contributed by atoms with Crippen molar-refractivity contribution in [3.63, 3.8) is 0 Å². The van der Waals surface area contributed by atoms with Gasteiger partial charge in [0.25, 0.3) is 5.56 Å². The zero-order valence-electron chi connectivity index (χ0n) is 15.0. The van der Waals surface area contributed by atoms with Gasteiger partial charge in [-0.1, -0.05) is 0 Å². The van der Waals surface area contributed by atoms with Crippen LogP contribution in [0.3, 0.4) is 0 Å². The average molecular weight is 381 g/mol. The van der Waals surface area contributed by atoms with Gasteiger partial charge >= 0.3 is 5.69 Å². The molecule has 3 aromatic rings. The zero-order chi connectivity index (χ0) is 20.2. The van der Waals surface area contributed by atoms with Crippen LogP contribution in [0.5, 0.6) is 11.5 Å². The minimum atomic E-state index is -1.39. The first-order valence-electron chi connectivity index (χ1n) is 8.25. The monoisotopic (exact) mass is 381 g/mol. The van der Waals surface area contributed by atoms with Gasteiger partial charge < -0.3 is 20.2 Å². The van der Waals surface area contributed by atoms with E-state index in [1.165, 1.54) is 18.7 Å². The molecule has 28 heavy (non-hydrogen) atoms. The first kappa shape index (κ1) is 17.4. The molecule has 3 N–H and O–H groups in total. The molecular formula is C18H15N5O5. The van der Waals surface area contributed by atoms with Crippen molar-refractivity contribution in [2.45, 2.75) is 5.92 Å². The van der Waals surface area contributed by atoms with Gasteiger partial charge in [-0.3, -0.25) is 18.7 Å². The molecule has 1 aliphatic rings. The molecule has 0 saturated heterocycles. The lowest BCUT2D eigenvalue weighted by atomic mass is 9.94. The minimum absolute atomic E-state index is 0.0580. The highest BCUT2D eigenvalue weighted by Crippen LogP contribution is 2.39. The SMILES string of the molecule is Cn1c(=O)c2c(C(C#N)C(N)=O)c(-c3ccc4c(c3)OCO4)[nH]c2n(C)c1=O. The number of carbonyl (C=O) groups is 1. The van der Waals surface area contributed by atoms with Crippen molar-refractivity contribution < 1.29 is 14.3 Å². The lowest BCUT2D eigenvalue weighted by molar-refractivity contribution is -0.118. The molecule has 1 atom stereocenters. The van der Waals surface area contributed by atoms with Crippen molar-refractivity contribution in [2.75, 3.05) is 6.79 Å². The van der Waals surface area contributed by atoms with E-state index in [1.807, 2.05) is 6.07 Å². The number of hydrogen-bond acceptors (Lipinski definition) is 6. The number of ether oxygens (including phenoxy) is 2. The Morgan fingerprint density at radius 3 is 2.64 bits per heavy atom. The van der Waals surface area contributed by atoms with Gasteiger partial charge in [0.1, 0.15) is 5.65 Å². The Bertz CT molecular complexity index is 1310. The molecule has 0 aliphatic carbocycles. The number of aromatic nitrogens is 3. The first-order valence-corrected chi connectivity index (χ1v) is 8.25. The number of nitrogens with two attached hydrogens (primary N) is 1. The normalized spacial score (nSPS) is 13.5. The van der Waals surface area contributed by atoms with E-state index in [9.17, 15) is 19.6 Å². The van der Waals surface area contributed by atoms with E-state index in [1.54, 1.807) is 18.2 Å². The van der Waals surface area contributed by atoms with Crippen LogP contribution in [0, 0.1) is 11.3 Å². The van der Waals surface area contributed by atoms with Crippen LogP contribution in [0.2, 0.25) is 0 Å². The van der Waals surface area contributed by atoms with Gasteiger partial charge in [-0.2, -0.15) is 5.26 Å². The molecule has 3 heterocycles. The highest BCUT2D eigenvalue weighted by atomic mass is 16.7. The predicted molar refractivity (Wildman–Crippen MR) is 97.9 cm³/mol. The lowest BCUT2D eigenvalue weighted by Gasteiger charge is -2.09. The van der Waals surface area contributed by atoms with Crippen molar-refractivity contribution in [1.29, 1.82) is 5.26 Å². The quantitative estimate of drug-likeness (QED) is 0.656. The molecule has 2 aromatic heterocycles. The van der Waals surface area contributed by atoms with Gasteiger partial charge in [0.15, 0.2) is 17.4 Å². The number of rotatable bonds is 3. The fraction of sp³-hybridized carbons (Fsp3) is 0.222. The smallest absolute Gasteiger partial charge is 0.332 e. The van der Waals surface area contributed by atoms with E-state index in [2.05, 4.69) is 4.98 Å². The Morgan fingerprint density at radius 1 is 1.25 bits per heavy atom. The Morgan fingerprint density at radius 2 is 1.96 bits per heavy atom. The summed E-state index contributed by atoms with van der Waals surface area (Å²) in [5, 5.41) is 9.61. The summed E-state index contributed by atoms with van der Waals surface area (Å²) in [6.45, 7) is 0.0789. The van der Waals surface area contributed by atoms with E-state index in [0.717, 1.165) is 4.57 Å². The first-order chi connectivity index (χ1) is 13.3. The Hall–Kier alpha value is -4.00. The molecule has 1 amide bonds. The third kappa shape index (κ3) is 2.30. The maximum Gasteiger partial charge on any atom is 0.332 e. The summed E-state index contributed by atoms with van der Waals surface area (Å²) in [6, 6.07) is 6.89. The average Bonchev–Trinajstić information content (AvgIpc) is 3.29. The Labute approximate surface area is 157 Å². The fourth-order valence-electron chi connectivity index (χ4n) is 3.38. The van der Waals surface area contributed by atoms with Gasteiger partial charge in [0, 0.05) is 25.2 Å². The van der Waals surface area contributed by atoms with Gasteiger partial charge in [0.05, 0.1) is 17.1 Å². The molecule has 10 heteroatoms. The summed E-state index contributed by atoms with van der Waals surface area (Å²) in [6.07, 6.45) is 0. The molecule has 0 saturated carbocycles. The number of carbonyl (C=O) groups excluding carboxylic acids is 1. The van der Waals surface area contributed by atoms with Gasteiger partial charge in [-0.05, 0) is 18.2 Å². The fourth-order valence-corrected chi connectivity index (χ4v) is 3.38. The summed E-state index contributed by atoms with van der Waals surface area (Å²) in [5.74, 6) is -1.26. The number of amides is 1. The van der Waals surface area contributed by atoms with E-state index in [0.29, 0.717) is 22.8 Å². The number of H-pyrrole nitrogens is 1. The van der Waals surface area contributed by atoms with Crippen molar-refractivity contribution in [2.24, 2.45) is 19.8 Å². The van der Waals surface area contributed by atoms with Crippen LogP contribution in [-0.4, -0.2) is 26.8 Å². The molecule has 0 spiro atoms. The molecule has 1 aliphatic heterocycles. The second-order valence-electron chi connectivity index (χ2n) is 6.38. The standard InChI is InChI=1S/C18H15N5O5/c1-22-16-13(17(25)23(2)18(22)26)12(9(6-19)15(20)24)14(21-16)8-3-4-10-11(5-8)28-7-27-10/h3-5,9,21H,7H2,1-2H3,(H2,20,24). The van der Waals surface area contributed by atoms with Crippen molar-refractivity contribution >= 4 is 16.9 Å². The van der Waals surface area contributed by atoms with Crippen LogP contribution in [0.1, 0.15) is 11.5 Å². The number of nitrogens with one attached hydrogen (secondary N) is 1. The number of aryl methyl sites for hydroxylation is 1. The van der Waals surface area contributed by atoms with Crippen LogP contribution in [0.25, 0.3) is 22.3 Å². The van der Waals surface area contributed by atoms with Crippen LogP contribution < -0.4 is 26.5 Å². The van der Waals surface area contributed by atoms with Crippen LogP contribution in [0.15, 0.2) is 27.8 Å². The summed E-state index contributed by atoms with van der Waals surface area (Å²) in [7, 11) is 2.81. The highest BCUT2D eigenvalue weighted by Gasteiger charge is 2.30. The third-order valence-corrected chi connectivity index (χ3v) is 4.81. The number of fused-ring (bicyclic) bond motifs is 2. The van der Waals surface area contributed by atoms with Crippen LogP contribution in [-0.2, 0) is 18.9 Å². The summed E-state index contributed by atoms with van der Waals surface area (Å²) in [4.78, 5) is 40.1. The number of primary amides is 1. The molecule has 10 nitrogen and oxygen atoms in total. The number of hydrogen-bond donors (Lipinski definition) is 2. The third-order valence-electron chi connectivity index (χ3n) is 4.81. The Kier molecular flexibility index (Phi) is 3.74. The maximum atomic E-state index is 12.8. The van der Waals surface area contributed by atoms with E-state index < -0.39 is 23.1 Å². The molecule has 4 rings (SSSR count). The number of benzene rings is 1. The maximum absolute atomic E-state index is 12.8. The zero-order valence-corrected chi connectivity index (χ0v) is 15.0. The molecule has 142 valence electrons. The summed E-state index contributed by atoms with van der Waals surface area (Å²) >= 11 is 0. The van der Waals surface area contributed by atoms with Crippen LogP contribution in [0.4, 0.5) is 0 Å². The molecule has 0 bridgehead atoms. The molecule has 0 fully saturated rings. The van der Waals surface area contributed by atoms with Gasteiger partial charge in [-0.15, -0.1) is 0 Å². The summed E-state index contributed by atoms with van der Waals surface area (Å²) < 4.78 is 12.8. The second kappa shape index (κ2) is 6.02. The van der Waals surface area contributed by atoms with Crippen molar-refractivity contribution in [3.05, 3.63) is 44.6 Å². The molecule has 0 radical (unpaired) electrons. The molecule has 1 aromatic carbocycles. The minimum Gasteiger partial charge on any atom is -0.454 e. The van der Waals surface area contributed by atoms with Crippen molar-refractivity contribution in [1.82, 2.24) is 14.1 Å². The topological polar surface area (TPSA) is 145 Å².